The van der Waals surface area contributed by atoms with Crippen LogP contribution in [-0.4, -0.2) is 52.2 Å². The number of unbranched alkanes of at least 4 members (excludes halogenated alkanes) is 2. The van der Waals surface area contributed by atoms with Gasteiger partial charge in [0.1, 0.15) is 6.61 Å². The molecule has 0 heterocycles. The maximum Gasteiger partial charge on any atom is 0.305 e. The molecule has 0 aromatic carbocycles. The van der Waals surface area contributed by atoms with E-state index < -0.39 is 0 Å². The molecule has 0 aliphatic rings. The van der Waals surface area contributed by atoms with Gasteiger partial charge in [-0.2, -0.15) is 0 Å². The van der Waals surface area contributed by atoms with Gasteiger partial charge in [0.15, 0.2) is 0 Å². The van der Waals surface area contributed by atoms with Crippen LogP contribution < -0.4 is 0 Å². The van der Waals surface area contributed by atoms with Crippen molar-refractivity contribution in [1.29, 1.82) is 0 Å². The number of carbonyl (C=O) groups excluding carboxylic acids is 1. The zero-order valence-electron chi connectivity index (χ0n) is 13.0. The lowest BCUT2D eigenvalue weighted by Crippen LogP contribution is -2.14. The average molecular weight is 290 g/mol. The van der Waals surface area contributed by atoms with Crippen molar-refractivity contribution in [3.8, 4) is 0 Å². The molecule has 0 aromatic heterocycles. The van der Waals surface area contributed by atoms with Crippen molar-refractivity contribution in [3.05, 3.63) is 0 Å². The summed E-state index contributed by atoms with van der Waals surface area (Å²) in [7, 11) is 0. The standard InChI is InChI=1S/C15H30O5/c1-3-5-7-15(16)20-14-13-19-12-11-18-10-9-17-8-6-4-2/h3-14H2,1-2H3. The Bertz CT molecular complexity index is 208. The fourth-order valence-electron chi connectivity index (χ4n) is 1.40. The third-order valence-electron chi connectivity index (χ3n) is 2.61. The van der Waals surface area contributed by atoms with Gasteiger partial charge in [-0.3, -0.25) is 4.79 Å². The van der Waals surface area contributed by atoms with Crippen molar-refractivity contribution in [2.45, 2.75) is 46.0 Å². The quantitative estimate of drug-likeness (QED) is 0.343. The van der Waals surface area contributed by atoms with Crippen LogP contribution in [0.25, 0.3) is 0 Å². The Morgan fingerprint density at radius 3 is 1.75 bits per heavy atom. The molecule has 0 unspecified atom stereocenters. The normalized spacial score (nSPS) is 10.7. The minimum atomic E-state index is -0.143. The zero-order chi connectivity index (χ0) is 14.9. The molecule has 0 rings (SSSR count). The number of carbonyl (C=O) groups is 1. The molecule has 5 nitrogen and oxygen atoms in total. The first-order valence-electron chi connectivity index (χ1n) is 7.70. The topological polar surface area (TPSA) is 54.0 Å². The van der Waals surface area contributed by atoms with Gasteiger partial charge in [0.2, 0.25) is 0 Å². The van der Waals surface area contributed by atoms with Crippen LogP contribution >= 0.6 is 0 Å². The van der Waals surface area contributed by atoms with Gasteiger partial charge in [0.25, 0.3) is 0 Å². The highest BCUT2D eigenvalue weighted by Gasteiger charge is 2.00. The van der Waals surface area contributed by atoms with Crippen LogP contribution in [0.4, 0.5) is 0 Å². The molecule has 0 radical (unpaired) electrons. The van der Waals surface area contributed by atoms with Gasteiger partial charge in [0.05, 0.1) is 33.0 Å². The Labute approximate surface area is 122 Å². The highest BCUT2D eigenvalue weighted by molar-refractivity contribution is 5.69. The highest BCUT2D eigenvalue weighted by atomic mass is 16.6. The molecule has 0 aliphatic heterocycles. The smallest absolute Gasteiger partial charge is 0.305 e. The van der Waals surface area contributed by atoms with E-state index in [1.807, 2.05) is 6.92 Å². The summed E-state index contributed by atoms with van der Waals surface area (Å²) in [5, 5.41) is 0. The maximum absolute atomic E-state index is 11.2. The molecule has 120 valence electrons. The van der Waals surface area contributed by atoms with E-state index in [2.05, 4.69) is 6.92 Å². The van der Waals surface area contributed by atoms with Gasteiger partial charge in [-0.15, -0.1) is 0 Å². The second-order valence-electron chi connectivity index (χ2n) is 4.51. The van der Waals surface area contributed by atoms with Crippen molar-refractivity contribution < 1.29 is 23.7 Å². The summed E-state index contributed by atoms with van der Waals surface area (Å²) in [6, 6.07) is 0. The third-order valence-corrected chi connectivity index (χ3v) is 2.61. The number of hydrogen-bond acceptors (Lipinski definition) is 5. The summed E-state index contributed by atoms with van der Waals surface area (Å²) in [5.74, 6) is -0.143. The number of esters is 1. The van der Waals surface area contributed by atoms with Crippen molar-refractivity contribution in [3.63, 3.8) is 0 Å². The fourth-order valence-corrected chi connectivity index (χ4v) is 1.40. The Morgan fingerprint density at radius 1 is 0.700 bits per heavy atom. The lowest BCUT2D eigenvalue weighted by molar-refractivity contribution is -0.145. The van der Waals surface area contributed by atoms with E-state index in [0.29, 0.717) is 46.1 Å². The first kappa shape index (κ1) is 19.4. The highest BCUT2D eigenvalue weighted by Crippen LogP contribution is 1.96. The van der Waals surface area contributed by atoms with E-state index in [1.165, 1.54) is 0 Å². The molecule has 0 bridgehead atoms. The molecular weight excluding hydrogens is 260 g/mol. The molecule has 0 aromatic rings. The molecule has 5 heteroatoms. The van der Waals surface area contributed by atoms with Crippen molar-refractivity contribution in [2.24, 2.45) is 0 Å². The molecule has 0 atom stereocenters. The van der Waals surface area contributed by atoms with Crippen molar-refractivity contribution >= 4 is 5.97 Å². The Hall–Kier alpha value is -0.650. The van der Waals surface area contributed by atoms with E-state index in [0.717, 1.165) is 32.3 Å². The second-order valence-corrected chi connectivity index (χ2v) is 4.51. The van der Waals surface area contributed by atoms with Gasteiger partial charge in [-0.05, 0) is 12.8 Å². The summed E-state index contributed by atoms with van der Waals surface area (Å²) in [6.07, 6.45) is 4.63. The van der Waals surface area contributed by atoms with E-state index in [1.54, 1.807) is 0 Å². The minimum absolute atomic E-state index is 0.143. The molecule has 0 amide bonds. The van der Waals surface area contributed by atoms with E-state index in [4.69, 9.17) is 18.9 Å². The first-order chi connectivity index (χ1) is 9.81. The predicted molar refractivity (Wildman–Crippen MR) is 77.8 cm³/mol. The van der Waals surface area contributed by atoms with Crippen LogP contribution in [0.2, 0.25) is 0 Å². The Morgan fingerprint density at radius 2 is 1.20 bits per heavy atom. The molecule has 0 spiro atoms. The summed E-state index contributed by atoms with van der Waals surface area (Å²) < 4.78 is 21.0. The van der Waals surface area contributed by atoms with Gasteiger partial charge in [-0.1, -0.05) is 26.7 Å². The van der Waals surface area contributed by atoms with Crippen LogP contribution in [0, 0.1) is 0 Å². The molecule has 0 saturated heterocycles. The van der Waals surface area contributed by atoms with Gasteiger partial charge < -0.3 is 18.9 Å². The largest absolute Gasteiger partial charge is 0.463 e. The Kier molecular flexibility index (Phi) is 15.9. The number of ether oxygens (including phenoxy) is 4. The first-order valence-corrected chi connectivity index (χ1v) is 7.70. The van der Waals surface area contributed by atoms with Crippen LogP contribution in [0.5, 0.6) is 0 Å². The van der Waals surface area contributed by atoms with Gasteiger partial charge in [0, 0.05) is 13.0 Å². The van der Waals surface area contributed by atoms with Crippen LogP contribution in [0.1, 0.15) is 46.0 Å². The molecule has 0 aliphatic carbocycles. The minimum Gasteiger partial charge on any atom is -0.463 e. The van der Waals surface area contributed by atoms with Crippen LogP contribution in [0.3, 0.4) is 0 Å². The maximum atomic E-state index is 11.2. The predicted octanol–water partition coefficient (Wildman–Crippen LogP) is 2.57. The van der Waals surface area contributed by atoms with E-state index >= 15 is 0 Å². The van der Waals surface area contributed by atoms with E-state index in [9.17, 15) is 4.79 Å². The zero-order valence-corrected chi connectivity index (χ0v) is 13.0. The summed E-state index contributed by atoms with van der Waals surface area (Å²) in [6.45, 7) is 8.02. The summed E-state index contributed by atoms with van der Waals surface area (Å²) >= 11 is 0. The molecule has 0 fully saturated rings. The lowest BCUT2D eigenvalue weighted by Gasteiger charge is -2.07. The third kappa shape index (κ3) is 15.4. The second kappa shape index (κ2) is 16.4. The van der Waals surface area contributed by atoms with Crippen LogP contribution in [0.15, 0.2) is 0 Å². The Balaban J connectivity index is 3.04. The molecule has 0 N–H and O–H groups in total. The van der Waals surface area contributed by atoms with Crippen molar-refractivity contribution in [1.82, 2.24) is 0 Å². The van der Waals surface area contributed by atoms with Crippen LogP contribution in [-0.2, 0) is 23.7 Å². The molecular formula is C15H30O5. The number of rotatable bonds is 15. The number of hydrogen-bond donors (Lipinski definition) is 0. The fraction of sp³-hybridized carbons (Fsp3) is 0.933. The van der Waals surface area contributed by atoms with E-state index in [-0.39, 0.29) is 5.97 Å². The monoisotopic (exact) mass is 290 g/mol. The summed E-state index contributed by atoms with van der Waals surface area (Å²) in [4.78, 5) is 11.2. The average Bonchev–Trinajstić information content (AvgIpc) is 2.46. The molecule has 20 heavy (non-hydrogen) atoms. The van der Waals surface area contributed by atoms with Gasteiger partial charge >= 0.3 is 5.97 Å². The molecule has 0 saturated carbocycles. The lowest BCUT2D eigenvalue weighted by atomic mass is 10.2. The SMILES string of the molecule is CCCCOCCOCCOCCOC(=O)CCCC. The van der Waals surface area contributed by atoms with Gasteiger partial charge in [-0.25, -0.2) is 0 Å². The summed E-state index contributed by atoms with van der Waals surface area (Å²) in [5.41, 5.74) is 0. The van der Waals surface area contributed by atoms with Crippen molar-refractivity contribution in [2.75, 3.05) is 46.2 Å².